The summed E-state index contributed by atoms with van der Waals surface area (Å²) in [5.74, 6) is 0. The Balaban J connectivity index is 0. The Kier molecular flexibility index (Phi) is 18.4. The SMILES string of the molecule is COS(=O)(=O)[O-].C[N+](C)(C)CCN1CCc2ccc(N)cc21.C[N+](C)(C)CCN1CCc2ccc([N+](=O)[O-])cc21.Cl.[Cl-].[Zn]. The number of nitrogens with zero attached hydrogens (tertiary/aromatic N) is 5. The Morgan fingerprint density at radius 3 is 1.65 bits per heavy atom. The monoisotopic (exact) mass is 716 g/mol. The van der Waals surface area contributed by atoms with Crippen LogP contribution in [-0.4, -0.2) is 116 Å². The first kappa shape index (κ1) is 43.4. The van der Waals surface area contributed by atoms with Crippen LogP contribution in [0.2, 0.25) is 0 Å². The molecule has 12 nitrogen and oxygen atoms in total. The molecule has 0 aliphatic carbocycles. The first-order valence-corrected chi connectivity index (χ1v) is 14.5. The van der Waals surface area contributed by atoms with Crippen LogP contribution >= 0.6 is 12.4 Å². The van der Waals surface area contributed by atoms with Gasteiger partial charge < -0.3 is 41.5 Å². The largest absolute Gasteiger partial charge is 1.00 e. The molecule has 0 fully saturated rings. The Hall–Kier alpha value is -1.77. The fourth-order valence-electron chi connectivity index (χ4n) is 4.32. The van der Waals surface area contributed by atoms with E-state index in [1.165, 1.54) is 16.8 Å². The summed E-state index contributed by atoms with van der Waals surface area (Å²) in [5, 5.41) is 10.8. The number of nitrogen functional groups attached to an aromatic ring is 1. The van der Waals surface area contributed by atoms with E-state index in [1.54, 1.807) is 12.1 Å². The minimum Gasteiger partial charge on any atom is -1.00 e. The number of nitrogens with two attached hydrogens (primary N) is 1. The zero-order chi connectivity index (χ0) is 30.3. The zero-order valence-electron chi connectivity index (χ0n) is 26.3. The Morgan fingerprint density at radius 2 is 1.28 bits per heavy atom. The summed E-state index contributed by atoms with van der Waals surface area (Å²) in [6.45, 7) is 6.35. The molecule has 2 heterocycles. The third kappa shape index (κ3) is 15.7. The van der Waals surface area contributed by atoms with Crippen LogP contribution in [0, 0.1) is 10.1 Å². The molecule has 0 amide bonds. The molecule has 0 spiro atoms. The van der Waals surface area contributed by atoms with Crippen LogP contribution in [0.3, 0.4) is 0 Å². The summed E-state index contributed by atoms with van der Waals surface area (Å²) in [7, 11) is 9.56. The summed E-state index contributed by atoms with van der Waals surface area (Å²) in [6, 6.07) is 11.5. The maximum absolute atomic E-state index is 10.8. The van der Waals surface area contributed by atoms with Crippen molar-refractivity contribution in [2.75, 3.05) is 104 Å². The van der Waals surface area contributed by atoms with Crippen molar-refractivity contribution in [1.82, 2.24) is 0 Å². The van der Waals surface area contributed by atoms with Crippen LogP contribution < -0.4 is 27.9 Å². The number of hydrogen-bond donors (Lipinski definition) is 1. The van der Waals surface area contributed by atoms with Crippen LogP contribution in [-0.2, 0) is 46.9 Å². The van der Waals surface area contributed by atoms with E-state index < -0.39 is 10.4 Å². The van der Waals surface area contributed by atoms with E-state index in [2.05, 4.69) is 68.4 Å². The van der Waals surface area contributed by atoms with Gasteiger partial charge >= 0.3 is 0 Å². The number of fused-ring (bicyclic) bond motifs is 2. The molecule has 4 rings (SSSR count). The number of nitro benzene ring substituents is 1. The van der Waals surface area contributed by atoms with Gasteiger partial charge in [-0.1, -0.05) is 12.1 Å². The van der Waals surface area contributed by atoms with Gasteiger partial charge in [-0.3, -0.25) is 14.3 Å². The second kappa shape index (κ2) is 18.3. The molecule has 0 aromatic heterocycles. The van der Waals surface area contributed by atoms with Crippen LogP contribution in [0.1, 0.15) is 11.1 Å². The minimum atomic E-state index is -4.41. The van der Waals surface area contributed by atoms with Gasteiger partial charge in [-0.2, -0.15) is 0 Å². The fraction of sp³-hybridized carbons (Fsp3) is 0.556. The fourth-order valence-corrected chi connectivity index (χ4v) is 4.32. The van der Waals surface area contributed by atoms with E-state index in [-0.39, 0.29) is 54.9 Å². The number of anilines is 3. The minimum absolute atomic E-state index is 0. The predicted molar refractivity (Wildman–Crippen MR) is 166 cm³/mol. The normalized spacial score (nSPS) is 13.5. The molecule has 16 heteroatoms. The molecule has 2 aliphatic rings. The van der Waals surface area contributed by atoms with Crippen molar-refractivity contribution < 1.29 is 62.9 Å². The van der Waals surface area contributed by atoms with Crippen LogP contribution in [0.15, 0.2) is 36.4 Å². The first-order chi connectivity index (χ1) is 18.4. The van der Waals surface area contributed by atoms with E-state index in [0.29, 0.717) is 0 Å². The molecular formula is C27H46Cl2N6O6SZn. The van der Waals surface area contributed by atoms with E-state index in [1.807, 2.05) is 12.1 Å². The third-order valence-corrected chi connectivity index (χ3v) is 7.07. The number of halogens is 2. The second-order valence-corrected chi connectivity index (χ2v) is 13.2. The quantitative estimate of drug-likeness (QED) is 0.0729. The smallest absolute Gasteiger partial charge is 0.271 e. The molecule has 0 saturated carbocycles. The molecule has 2 aromatic rings. The van der Waals surface area contributed by atoms with Crippen molar-refractivity contribution in [3.63, 3.8) is 0 Å². The van der Waals surface area contributed by atoms with Gasteiger partial charge in [-0.05, 0) is 36.1 Å². The van der Waals surface area contributed by atoms with E-state index in [9.17, 15) is 23.1 Å². The van der Waals surface area contributed by atoms with Gasteiger partial charge in [0.25, 0.3) is 5.69 Å². The summed E-state index contributed by atoms with van der Waals surface area (Å²) < 4.78 is 32.9. The number of quaternary nitrogens is 2. The molecule has 2 N–H and O–H groups in total. The van der Waals surface area contributed by atoms with Crippen molar-refractivity contribution >= 4 is 45.6 Å². The summed E-state index contributed by atoms with van der Waals surface area (Å²) in [6.07, 6.45) is 2.15. The summed E-state index contributed by atoms with van der Waals surface area (Å²) in [5.41, 5.74) is 11.9. The number of likely N-dealkylation sites (N-methyl/N-ethyl adjacent to an activating group) is 2. The molecule has 0 saturated heterocycles. The average Bonchev–Trinajstić information content (AvgIpc) is 3.44. The topological polar surface area (TPSA) is 142 Å². The number of non-ortho nitro benzene ring substituents is 1. The Morgan fingerprint density at radius 1 is 0.884 bits per heavy atom. The van der Waals surface area contributed by atoms with Gasteiger partial charge in [-0.25, -0.2) is 8.42 Å². The van der Waals surface area contributed by atoms with Crippen LogP contribution in [0.5, 0.6) is 0 Å². The molecule has 2 aromatic carbocycles. The standard InChI is InChI=1S/C13H20N3O2.C13H22N3.CH4O4S.2ClH.Zn/c1-16(2,3)9-8-14-7-6-11-4-5-12(15(17)18)10-13(11)14;1-16(2,3)9-8-15-7-6-11-4-5-12(14)10-13(11)15;1-5-6(2,3)4;;;/h4-5,10H,6-9H2,1-3H3;4-5,10H,6-9,14H2,1-3H3;1H3,(H,2,3,4);2*1H;/q2*+1;;;;/p-2. The number of rotatable bonds is 8. The summed E-state index contributed by atoms with van der Waals surface area (Å²) in [4.78, 5) is 15.2. The molecule has 43 heavy (non-hydrogen) atoms. The zero-order valence-corrected chi connectivity index (χ0v) is 31.6. The molecular weight excluding hydrogens is 673 g/mol. The molecule has 0 bridgehead atoms. The second-order valence-electron chi connectivity index (χ2n) is 12.0. The number of benzene rings is 2. The maximum Gasteiger partial charge on any atom is 0.271 e. The average molecular weight is 719 g/mol. The molecule has 242 valence electrons. The van der Waals surface area contributed by atoms with Crippen molar-refractivity contribution in [3.05, 3.63) is 57.6 Å². The molecule has 2 aliphatic heterocycles. The Bertz CT molecular complexity index is 1280. The van der Waals surface area contributed by atoms with Gasteiger partial charge in [0.05, 0.1) is 80.5 Å². The van der Waals surface area contributed by atoms with Gasteiger partial charge in [0.1, 0.15) is 0 Å². The van der Waals surface area contributed by atoms with Gasteiger partial charge in [0, 0.05) is 61.8 Å². The molecule has 0 unspecified atom stereocenters. The molecule has 0 radical (unpaired) electrons. The molecule has 0 atom stereocenters. The van der Waals surface area contributed by atoms with Gasteiger partial charge in [0.2, 0.25) is 10.4 Å². The van der Waals surface area contributed by atoms with E-state index in [0.717, 1.165) is 79.6 Å². The predicted octanol–water partition coefficient (Wildman–Crippen LogP) is -0.483. The number of nitro groups is 1. The van der Waals surface area contributed by atoms with Gasteiger partial charge in [0.15, 0.2) is 0 Å². The van der Waals surface area contributed by atoms with Crippen molar-refractivity contribution in [1.29, 1.82) is 0 Å². The first-order valence-electron chi connectivity index (χ1n) is 13.2. The van der Waals surface area contributed by atoms with Gasteiger partial charge in [-0.15, -0.1) is 12.4 Å². The van der Waals surface area contributed by atoms with E-state index in [4.69, 9.17) is 5.73 Å². The maximum atomic E-state index is 10.8. The summed E-state index contributed by atoms with van der Waals surface area (Å²) >= 11 is 0. The van der Waals surface area contributed by atoms with Crippen molar-refractivity contribution in [3.8, 4) is 0 Å². The van der Waals surface area contributed by atoms with E-state index >= 15 is 0 Å². The third-order valence-electron chi connectivity index (χ3n) is 6.66. The van der Waals surface area contributed by atoms with Crippen LogP contribution in [0.25, 0.3) is 0 Å². The van der Waals surface area contributed by atoms with Crippen molar-refractivity contribution in [2.45, 2.75) is 12.8 Å². The van der Waals surface area contributed by atoms with Crippen molar-refractivity contribution in [2.24, 2.45) is 0 Å². The van der Waals surface area contributed by atoms with Crippen LogP contribution in [0.4, 0.5) is 22.7 Å². The Labute approximate surface area is 282 Å². The number of hydrogen-bond acceptors (Lipinski definition) is 9.